The number of aryl methyl sites for hydroxylation is 2. The third kappa shape index (κ3) is 36.7. The summed E-state index contributed by atoms with van der Waals surface area (Å²) in [6.45, 7) is 13.6. The van der Waals surface area contributed by atoms with Crippen molar-refractivity contribution in [2.24, 2.45) is 0 Å². The Balaban J connectivity index is 0.000000527. The van der Waals surface area contributed by atoms with Gasteiger partial charge in [0.05, 0.1) is 5.57 Å². The van der Waals surface area contributed by atoms with Crippen molar-refractivity contribution in [2.45, 2.75) is 361 Å². The van der Waals surface area contributed by atoms with Gasteiger partial charge in [0.1, 0.15) is 0 Å². The molecule has 444 valence electrons. The molecule has 3 rings (SSSR count). The van der Waals surface area contributed by atoms with Crippen LogP contribution in [-0.4, -0.2) is 4.70 Å². The van der Waals surface area contributed by atoms with Gasteiger partial charge in [0.25, 0.3) is 0 Å². The van der Waals surface area contributed by atoms with Crippen LogP contribution in [0, 0.1) is 0 Å². The Morgan fingerprint density at radius 1 is 0.351 bits per heavy atom. The molecule has 0 N–H and O–H groups in total. The quantitative estimate of drug-likeness (QED) is 0.0358. The second kappa shape index (κ2) is 53.1. The van der Waals surface area contributed by atoms with Crippen molar-refractivity contribution >= 4 is 11.4 Å². The molecule has 0 spiro atoms. The fourth-order valence-corrected chi connectivity index (χ4v) is 12.5. The molecule has 0 saturated carbocycles. The van der Waals surface area contributed by atoms with Gasteiger partial charge in [0.15, 0.2) is 0 Å². The van der Waals surface area contributed by atoms with Crippen LogP contribution < -0.4 is 0 Å². The molecular formula is C74H128N2Ni. The number of benzene rings is 2. The molecule has 0 bridgehead atoms. The van der Waals surface area contributed by atoms with Gasteiger partial charge in [-0.2, -0.15) is 0 Å². The van der Waals surface area contributed by atoms with Crippen LogP contribution in [0.25, 0.3) is 16.9 Å². The molecule has 1 aliphatic rings. The molecule has 0 saturated heterocycles. The summed E-state index contributed by atoms with van der Waals surface area (Å²) in [6.07, 6.45) is 71.1. The Hall–Kier alpha value is -2.25. The predicted octanol–water partition coefficient (Wildman–Crippen LogP) is 26.5. The van der Waals surface area contributed by atoms with Crippen LogP contribution in [0.3, 0.4) is 0 Å². The molecule has 2 aromatic rings. The Morgan fingerprint density at radius 3 is 1.03 bits per heavy atom. The standard InChI is InChI=1S/C36H50N2.2C19H39.Ni/c1-5-9-13-14-15-16-26-34-33(25-12-8-4)35(31-23-17-21-29(27-31)19-10-6-2)38(37)36(34)32-24-18-22-30(28-32)20-11-7-3;2*1-3-5-7-9-11-13-15-17-19-18-16-14-12-10-8-6-4-2;/h16-18,21-24,26-28H,5-15,19-20,25H2,1-4H3;2*1,3-19H2,2H3;. The number of nitrogens with zero attached hydrogens (tertiary/aromatic N) is 2. The normalized spacial score (nSPS) is 12.8. The van der Waals surface area contributed by atoms with E-state index in [1.54, 1.807) is 0 Å². The first-order valence-electron chi connectivity index (χ1n) is 34.3. The van der Waals surface area contributed by atoms with Crippen LogP contribution in [0.4, 0.5) is 0 Å². The van der Waals surface area contributed by atoms with Gasteiger partial charge in [-0.15, -0.1) is 0 Å². The van der Waals surface area contributed by atoms with E-state index in [1.807, 2.05) is 14.4 Å². The van der Waals surface area contributed by atoms with Crippen LogP contribution in [0.5, 0.6) is 0 Å². The molecule has 0 amide bonds. The van der Waals surface area contributed by atoms with Crippen LogP contribution in [-0.2, 0) is 27.3 Å². The van der Waals surface area contributed by atoms with Gasteiger partial charge in [0.2, 0.25) is 11.4 Å². The van der Waals surface area contributed by atoms with Crippen LogP contribution in [0.1, 0.15) is 359 Å². The van der Waals surface area contributed by atoms with E-state index in [0.29, 0.717) is 0 Å². The molecule has 0 aromatic heterocycles. The molecule has 0 unspecified atom stereocenters. The zero-order chi connectivity index (χ0) is 55.3. The third-order valence-corrected chi connectivity index (χ3v) is 17.7. The SMILES string of the molecule is CCCCCCC=CC1=C(c2cccc(CCCC)c2)[N+](=[N-])C(c2cccc(CCCC)c2)=C1CCCC.CCCCCCCCCCCCCCCCCC[CH2][Ni][CH2]CCCCCCCCCCCCCCCCCC. The van der Waals surface area contributed by atoms with E-state index >= 15 is 0 Å². The minimum atomic E-state index is 0.938. The summed E-state index contributed by atoms with van der Waals surface area (Å²) in [5.74, 6) is 0. The van der Waals surface area contributed by atoms with Crippen LogP contribution in [0.15, 0.2) is 71.8 Å². The molecule has 77 heavy (non-hydrogen) atoms. The number of unbranched alkanes of at least 4 members (excludes halogenated alkanes) is 39. The molecule has 0 radical (unpaired) electrons. The van der Waals surface area contributed by atoms with Crippen molar-refractivity contribution in [3.8, 4) is 0 Å². The molecule has 0 atom stereocenters. The maximum absolute atomic E-state index is 11.9. The topological polar surface area (TPSA) is 25.3 Å². The van der Waals surface area contributed by atoms with E-state index in [9.17, 15) is 5.53 Å². The predicted molar refractivity (Wildman–Crippen MR) is 343 cm³/mol. The van der Waals surface area contributed by atoms with E-state index in [0.717, 1.165) is 61.0 Å². The van der Waals surface area contributed by atoms with E-state index in [-0.39, 0.29) is 0 Å². The molecule has 3 heteroatoms. The molecule has 1 heterocycles. The first kappa shape index (κ1) is 70.9. The van der Waals surface area contributed by atoms with Gasteiger partial charge in [-0.25, -0.2) is 4.70 Å². The van der Waals surface area contributed by atoms with Crippen LogP contribution >= 0.6 is 0 Å². The molecule has 1 aliphatic heterocycles. The summed E-state index contributed by atoms with van der Waals surface area (Å²) < 4.78 is 1.51. The minimum absolute atomic E-state index is 0.938. The van der Waals surface area contributed by atoms with Crippen molar-refractivity contribution < 1.29 is 19.1 Å². The second-order valence-electron chi connectivity index (χ2n) is 23.7. The summed E-state index contributed by atoms with van der Waals surface area (Å²) in [4.78, 5) is 0. The van der Waals surface area contributed by atoms with E-state index < -0.39 is 0 Å². The van der Waals surface area contributed by atoms with Crippen molar-refractivity contribution in [3.63, 3.8) is 0 Å². The van der Waals surface area contributed by atoms with Gasteiger partial charge in [-0.05, 0) is 86.8 Å². The third-order valence-electron chi connectivity index (χ3n) is 16.3. The number of hydrogen-bond donors (Lipinski definition) is 0. The summed E-state index contributed by atoms with van der Waals surface area (Å²) >= 11 is 2.05. The summed E-state index contributed by atoms with van der Waals surface area (Å²) in [5.41, 5.74) is 21.2. The van der Waals surface area contributed by atoms with Gasteiger partial charge in [0, 0.05) is 16.7 Å². The van der Waals surface area contributed by atoms with Crippen molar-refractivity contribution in [1.29, 1.82) is 0 Å². The first-order valence-corrected chi connectivity index (χ1v) is 35.7. The van der Waals surface area contributed by atoms with E-state index in [4.69, 9.17) is 0 Å². The van der Waals surface area contributed by atoms with E-state index in [2.05, 4.69) is 102 Å². The minimum Gasteiger partial charge on any atom is -0.0654 e. The van der Waals surface area contributed by atoms with Gasteiger partial charge < -0.3 is 5.53 Å². The fourth-order valence-electron chi connectivity index (χ4n) is 11.2. The summed E-state index contributed by atoms with van der Waals surface area (Å²) in [6, 6.07) is 17.7. The molecular weight excluding hydrogens is 976 g/mol. The smallest absolute Gasteiger partial charge is 0.0654 e. The number of hydrogen-bond acceptors (Lipinski definition) is 0. The monoisotopic (exact) mass is 1100 g/mol. The van der Waals surface area contributed by atoms with Gasteiger partial charge >= 0.3 is 166 Å². The van der Waals surface area contributed by atoms with E-state index in [1.165, 1.54) is 307 Å². The van der Waals surface area contributed by atoms with Crippen molar-refractivity contribution in [1.82, 2.24) is 0 Å². The zero-order valence-electron chi connectivity index (χ0n) is 52.3. The fraction of sp³-hybridized carbons (Fsp3) is 0.757. The maximum atomic E-state index is 11.9. The van der Waals surface area contributed by atoms with Crippen molar-refractivity contribution in [2.75, 3.05) is 0 Å². The molecule has 0 fully saturated rings. The Labute approximate surface area is 487 Å². The van der Waals surface area contributed by atoms with Crippen LogP contribution in [0.2, 0.25) is 10.8 Å². The average molecular weight is 1100 g/mol. The Morgan fingerprint density at radius 2 is 0.662 bits per heavy atom. The number of allylic oxidation sites excluding steroid dienone is 4. The Bertz CT molecular complexity index is 1710. The Kier molecular flexibility index (Phi) is 48.9. The molecule has 2 aromatic carbocycles. The average Bonchev–Trinajstić information content (AvgIpc) is 3.73. The first-order chi connectivity index (χ1) is 38.1. The summed E-state index contributed by atoms with van der Waals surface area (Å²) in [5, 5.41) is 2.87. The van der Waals surface area contributed by atoms with Gasteiger partial charge in [-0.3, -0.25) is 0 Å². The molecule has 0 aliphatic carbocycles. The van der Waals surface area contributed by atoms with Gasteiger partial charge in [-0.1, -0.05) is 194 Å². The van der Waals surface area contributed by atoms with Crippen molar-refractivity contribution in [3.05, 3.63) is 99.6 Å². The summed E-state index contributed by atoms with van der Waals surface area (Å²) in [7, 11) is 0. The number of rotatable bonds is 53. The zero-order valence-corrected chi connectivity index (χ0v) is 53.3. The second-order valence-corrected chi connectivity index (χ2v) is 25.1. The molecule has 2 nitrogen and oxygen atoms in total.